The first kappa shape index (κ1) is 15.5. The SMILES string of the molecule is Cc1nnn2c1-c1ccc(CCl)cc1N(c1ccc(Cl)cc1)CC2. The van der Waals surface area contributed by atoms with E-state index in [0.717, 1.165) is 52.0 Å². The molecule has 0 fully saturated rings. The summed E-state index contributed by atoms with van der Waals surface area (Å²) in [6.45, 7) is 3.57. The van der Waals surface area contributed by atoms with Crippen LogP contribution in [0.4, 0.5) is 11.4 Å². The van der Waals surface area contributed by atoms with E-state index in [4.69, 9.17) is 23.2 Å². The molecule has 2 aromatic carbocycles. The molecule has 122 valence electrons. The van der Waals surface area contributed by atoms with Crippen molar-refractivity contribution in [1.29, 1.82) is 0 Å². The number of anilines is 2. The molecule has 24 heavy (non-hydrogen) atoms. The number of hydrogen-bond acceptors (Lipinski definition) is 3. The number of aryl methyl sites for hydroxylation is 1. The molecular formula is C18H16Cl2N4. The van der Waals surface area contributed by atoms with Gasteiger partial charge in [0.2, 0.25) is 0 Å². The Morgan fingerprint density at radius 1 is 1.08 bits per heavy atom. The quantitative estimate of drug-likeness (QED) is 0.617. The number of benzene rings is 2. The molecule has 0 radical (unpaired) electrons. The van der Waals surface area contributed by atoms with Crippen LogP contribution in [0, 0.1) is 6.92 Å². The molecule has 0 unspecified atom stereocenters. The summed E-state index contributed by atoms with van der Waals surface area (Å²) in [7, 11) is 0. The standard InChI is InChI=1S/C18H16Cl2N4/c1-12-18-16-7-2-13(11-19)10-17(16)23(8-9-24(18)22-21-12)15-5-3-14(20)4-6-15/h2-7,10H,8-9,11H2,1H3. The molecule has 1 aromatic heterocycles. The maximum absolute atomic E-state index is 6.07. The van der Waals surface area contributed by atoms with Crippen molar-refractivity contribution < 1.29 is 0 Å². The van der Waals surface area contributed by atoms with Gasteiger partial charge >= 0.3 is 0 Å². The Kier molecular flexibility index (Phi) is 3.94. The van der Waals surface area contributed by atoms with Crippen LogP contribution in [0.2, 0.25) is 5.02 Å². The lowest BCUT2D eigenvalue weighted by Crippen LogP contribution is -2.21. The number of fused-ring (bicyclic) bond motifs is 3. The molecule has 0 amide bonds. The van der Waals surface area contributed by atoms with E-state index in [1.54, 1.807) is 0 Å². The fourth-order valence-electron chi connectivity index (χ4n) is 3.18. The van der Waals surface area contributed by atoms with Gasteiger partial charge < -0.3 is 4.90 Å². The molecule has 1 aliphatic rings. The Morgan fingerprint density at radius 3 is 2.62 bits per heavy atom. The first-order valence-electron chi connectivity index (χ1n) is 7.80. The topological polar surface area (TPSA) is 34.0 Å². The highest BCUT2D eigenvalue weighted by molar-refractivity contribution is 6.30. The third kappa shape index (κ3) is 2.56. The van der Waals surface area contributed by atoms with Gasteiger partial charge in [-0.25, -0.2) is 4.68 Å². The maximum atomic E-state index is 6.07. The van der Waals surface area contributed by atoms with Gasteiger partial charge in [-0.3, -0.25) is 0 Å². The van der Waals surface area contributed by atoms with Crippen LogP contribution >= 0.6 is 23.2 Å². The van der Waals surface area contributed by atoms with Crippen LogP contribution in [0.15, 0.2) is 42.5 Å². The smallest absolute Gasteiger partial charge is 0.0936 e. The molecular weight excluding hydrogens is 343 g/mol. The molecule has 0 spiro atoms. The van der Waals surface area contributed by atoms with Gasteiger partial charge in [0.15, 0.2) is 0 Å². The Hall–Kier alpha value is -2.04. The molecule has 2 heterocycles. The Labute approximate surface area is 150 Å². The van der Waals surface area contributed by atoms with Gasteiger partial charge in [0, 0.05) is 28.7 Å². The van der Waals surface area contributed by atoms with Crippen LogP contribution in [0.1, 0.15) is 11.3 Å². The molecule has 0 aliphatic carbocycles. The van der Waals surface area contributed by atoms with E-state index < -0.39 is 0 Å². The number of nitrogens with zero attached hydrogens (tertiary/aromatic N) is 4. The van der Waals surface area contributed by atoms with Crippen molar-refractivity contribution in [1.82, 2.24) is 15.0 Å². The van der Waals surface area contributed by atoms with Crippen LogP contribution < -0.4 is 4.90 Å². The van der Waals surface area contributed by atoms with Crippen molar-refractivity contribution in [3.8, 4) is 11.3 Å². The number of alkyl halides is 1. The van der Waals surface area contributed by atoms with E-state index >= 15 is 0 Å². The Bertz CT molecular complexity index is 887. The van der Waals surface area contributed by atoms with E-state index in [0.29, 0.717) is 5.88 Å². The summed E-state index contributed by atoms with van der Waals surface area (Å²) in [5.41, 5.74) is 6.45. The fourth-order valence-corrected chi connectivity index (χ4v) is 3.47. The number of rotatable bonds is 2. The van der Waals surface area contributed by atoms with E-state index in [1.165, 1.54) is 0 Å². The summed E-state index contributed by atoms with van der Waals surface area (Å²) in [5, 5.41) is 9.27. The number of hydrogen-bond donors (Lipinski definition) is 0. The molecule has 0 saturated heterocycles. The van der Waals surface area contributed by atoms with Crippen molar-refractivity contribution in [3.05, 3.63) is 58.7 Å². The van der Waals surface area contributed by atoms with Gasteiger partial charge in [0.25, 0.3) is 0 Å². The zero-order valence-corrected chi connectivity index (χ0v) is 14.7. The zero-order valence-electron chi connectivity index (χ0n) is 13.2. The molecule has 6 heteroatoms. The van der Waals surface area contributed by atoms with Crippen LogP contribution in [0.25, 0.3) is 11.3 Å². The Balaban J connectivity index is 1.92. The molecule has 4 rings (SSSR count). The average molecular weight is 359 g/mol. The number of aromatic nitrogens is 3. The first-order valence-corrected chi connectivity index (χ1v) is 8.71. The third-order valence-corrected chi connectivity index (χ3v) is 4.90. The predicted octanol–water partition coefficient (Wildman–Crippen LogP) is 4.80. The van der Waals surface area contributed by atoms with Gasteiger partial charge in [-0.1, -0.05) is 28.9 Å². The van der Waals surface area contributed by atoms with Crippen molar-refractivity contribution in [2.45, 2.75) is 19.3 Å². The highest BCUT2D eigenvalue weighted by Crippen LogP contribution is 2.39. The third-order valence-electron chi connectivity index (χ3n) is 4.34. The zero-order chi connectivity index (χ0) is 16.7. The minimum atomic E-state index is 0.484. The summed E-state index contributed by atoms with van der Waals surface area (Å²) in [5.74, 6) is 0.484. The van der Waals surface area contributed by atoms with Crippen molar-refractivity contribution in [2.24, 2.45) is 0 Å². The van der Waals surface area contributed by atoms with E-state index in [-0.39, 0.29) is 0 Å². The lowest BCUT2D eigenvalue weighted by molar-refractivity contribution is 0.605. The fraction of sp³-hybridized carbons (Fsp3) is 0.222. The lowest BCUT2D eigenvalue weighted by Gasteiger charge is -2.25. The largest absolute Gasteiger partial charge is 0.339 e. The van der Waals surface area contributed by atoms with Crippen LogP contribution in [-0.2, 0) is 12.4 Å². The first-order chi connectivity index (χ1) is 11.7. The summed E-state index contributed by atoms with van der Waals surface area (Å²) in [6.07, 6.45) is 0. The van der Waals surface area contributed by atoms with Gasteiger partial charge in [0.05, 0.1) is 23.6 Å². The normalized spacial score (nSPS) is 13.4. The molecule has 1 aliphatic heterocycles. The van der Waals surface area contributed by atoms with Gasteiger partial charge in [0.1, 0.15) is 0 Å². The van der Waals surface area contributed by atoms with Crippen molar-refractivity contribution in [3.63, 3.8) is 0 Å². The van der Waals surface area contributed by atoms with Gasteiger partial charge in [-0.2, -0.15) is 0 Å². The van der Waals surface area contributed by atoms with Crippen LogP contribution in [0.5, 0.6) is 0 Å². The van der Waals surface area contributed by atoms with Gasteiger partial charge in [-0.15, -0.1) is 16.7 Å². The summed E-state index contributed by atoms with van der Waals surface area (Å²) in [6, 6.07) is 14.2. The second kappa shape index (κ2) is 6.11. The van der Waals surface area contributed by atoms with E-state index in [9.17, 15) is 0 Å². The average Bonchev–Trinajstić information content (AvgIpc) is 2.88. The molecule has 4 nitrogen and oxygen atoms in total. The Morgan fingerprint density at radius 2 is 1.88 bits per heavy atom. The maximum Gasteiger partial charge on any atom is 0.0936 e. The minimum absolute atomic E-state index is 0.484. The number of halogens is 2. The molecule has 3 aromatic rings. The van der Waals surface area contributed by atoms with E-state index in [1.807, 2.05) is 35.9 Å². The molecule has 0 atom stereocenters. The summed E-state index contributed by atoms with van der Waals surface area (Å²) in [4.78, 5) is 2.29. The highest BCUT2D eigenvalue weighted by Gasteiger charge is 2.24. The lowest BCUT2D eigenvalue weighted by atomic mass is 10.0. The monoisotopic (exact) mass is 358 g/mol. The second-order valence-corrected chi connectivity index (χ2v) is 6.56. The molecule has 0 bridgehead atoms. The van der Waals surface area contributed by atoms with Crippen LogP contribution in [-0.4, -0.2) is 21.5 Å². The van der Waals surface area contributed by atoms with Crippen molar-refractivity contribution >= 4 is 34.6 Å². The summed E-state index contributed by atoms with van der Waals surface area (Å²) < 4.78 is 1.98. The summed E-state index contributed by atoms with van der Waals surface area (Å²) >= 11 is 12.1. The minimum Gasteiger partial charge on any atom is -0.339 e. The van der Waals surface area contributed by atoms with E-state index in [2.05, 4.69) is 33.4 Å². The second-order valence-electron chi connectivity index (χ2n) is 5.86. The molecule has 0 saturated carbocycles. The predicted molar refractivity (Wildman–Crippen MR) is 98.2 cm³/mol. The molecule has 0 N–H and O–H groups in total. The van der Waals surface area contributed by atoms with Crippen molar-refractivity contribution in [2.75, 3.05) is 11.4 Å². The van der Waals surface area contributed by atoms with Crippen LogP contribution in [0.3, 0.4) is 0 Å². The van der Waals surface area contributed by atoms with Gasteiger partial charge in [-0.05, 0) is 42.8 Å². The highest BCUT2D eigenvalue weighted by atomic mass is 35.5.